The van der Waals surface area contributed by atoms with Crippen LogP contribution in [0.15, 0.2) is 11.1 Å². The van der Waals surface area contributed by atoms with Gasteiger partial charge in [0.2, 0.25) is 0 Å². The number of halogens is 4. The fraction of sp³-hybridized carbons (Fsp3) is 0.778. The summed E-state index contributed by atoms with van der Waals surface area (Å²) >= 11 is 5.12. The largest absolute Gasteiger partial charge is 0.426 e. The van der Waals surface area contributed by atoms with Gasteiger partial charge >= 0.3 is 6.18 Å². The van der Waals surface area contributed by atoms with Gasteiger partial charge in [0.25, 0.3) is 0 Å². The van der Waals surface area contributed by atoms with Crippen molar-refractivity contribution in [3.05, 3.63) is 11.1 Å². The van der Waals surface area contributed by atoms with E-state index in [0.717, 1.165) is 6.08 Å². The second-order valence-electron chi connectivity index (χ2n) is 4.15. The molecule has 0 N–H and O–H groups in total. The zero-order valence-electron chi connectivity index (χ0n) is 7.74. The van der Waals surface area contributed by atoms with Gasteiger partial charge in [0.1, 0.15) is 5.03 Å². The summed E-state index contributed by atoms with van der Waals surface area (Å²) in [7, 11) is 0. The summed E-state index contributed by atoms with van der Waals surface area (Å²) in [6, 6.07) is 0. The SMILES string of the molecule is C[C@H]1[C@@H](/C=C(\Cl)C(F)(F)F)C1(C)C. The molecule has 1 aliphatic carbocycles. The van der Waals surface area contributed by atoms with Crippen LogP contribution in [0.25, 0.3) is 0 Å². The van der Waals surface area contributed by atoms with E-state index in [1.54, 1.807) is 0 Å². The van der Waals surface area contributed by atoms with Crippen molar-refractivity contribution in [2.45, 2.75) is 26.9 Å². The van der Waals surface area contributed by atoms with E-state index < -0.39 is 11.2 Å². The fourth-order valence-corrected chi connectivity index (χ4v) is 1.69. The van der Waals surface area contributed by atoms with E-state index >= 15 is 0 Å². The molecule has 0 aromatic heterocycles. The molecule has 0 radical (unpaired) electrons. The Bertz CT molecular complexity index is 240. The molecule has 1 aliphatic rings. The van der Waals surface area contributed by atoms with E-state index in [4.69, 9.17) is 11.6 Å². The third kappa shape index (κ3) is 2.01. The van der Waals surface area contributed by atoms with Gasteiger partial charge in [-0.3, -0.25) is 0 Å². The average Bonchev–Trinajstić information content (AvgIpc) is 2.36. The van der Waals surface area contributed by atoms with Crippen molar-refractivity contribution in [1.82, 2.24) is 0 Å². The van der Waals surface area contributed by atoms with E-state index in [-0.39, 0.29) is 17.3 Å². The van der Waals surface area contributed by atoms with E-state index in [1.165, 1.54) is 0 Å². The Balaban J connectivity index is 2.70. The van der Waals surface area contributed by atoms with E-state index in [1.807, 2.05) is 20.8 Å². The molecule has 0 nitrogen and oxygen atoms in total. The Labute approximate surface area is 80.8 Å². The molecule has 0 unspecified atom stereocenters. The quantitative estimate of drug-likeness (QED) is 0.617. The van der Waals surface area contributed by atoms with Gasteiger partial charge in [0.05, 0.1) is 0 Å². The molecule has 1 saturated carbocycles. The molecule has 0 bridgehead atoms. The van der Waals surface area contributed by atoms with Crippen LogP contribution in [0.4, 0.5) is 13.2 Å². The summed E-state index contributed by atoms with van der Waals surface area (Å²) in [4.78, 5) is 0. The van der Waals surface area contributed by atoms with Crippen LogP contribution in [0.3, 0.4) is 0 Å². The van der Waals surface area contributed by atoms with Gasteiger partial charge < -0.3 is 0 Å². The Morgan fingerprint density at radius 2 is 1.77 bits per heavy atom. The highest BCUT2D eigenvalue weighted by atomic mass is 35.5. The first-order valence-electron chi connectivity index (χ1n) is 4.12. The van der Waals surface area contributed by atoms with Gasteiger partial charge in [-0.2, -0.15) is 13.2 Å². The van der Waals surface area contributed by atoms with Crippen LogP contribution in [0, 0.1) is 17.3 Å². The molecule has 0 spiro atoms. The Morgan fingerprint density at radius 1 is 1.38 bits per heavy atom. The molecule has 1 rings (SSSR count). The molecule has 4 heteroatoms. The molecule has 13 heavy (non-hydrogen) atoms. The summed E-state index contributed by atoms with van der Waals surface area (Å²) in [5.74, 6) is 0.241. The highest BCUT2D eigenvalue weighted by Gasteiger charge is 2.54. The lowest BCUT2D eigenvalue weighted by Crippen LogP contribution is -2.07. The zero-order valence-corrected chi connectivity index (χ0v) is 8.50. The highest BCUT2D eigenvalue weighted by molar-refractivity contribution is 6.30. The van der Waals surface area contributed by atoms with Crippen molar-refractivity contribution in [3.63, 3.8) is 0 Å². The summed E-state index contributed by atoms with van der Waals surface area (Å²) < 4.78 is 36.0. The molecule has 0 aliphatic heterocycles. The monoisotopic (exact) mass is 212 g/mol. The summed E-state index contributed by atoms with van der Waals surface area (Å²) in [5, 5.41) is -0.991. The molecule has 76 valence electrons. The number of rotatable bonds is 1. The lowest BCUT2D eigenvalue weighted by molar-refractivity contribution is -0.0848. The van der Waals surface area contributed by atoms with Crippen LogP contribution in [-0.4, -0.2) is 6.18 Å². The van der Waals surface area contributed by atoms with Crippen LogP contribution >= 0.6 is 11.6 Å². The highest BCUT2D eigenvalue weighted by Crippen LogP contribution is 2.59. The predicted molar refractivity (Wildman–Crippen MR) is 46.4 cm³/mol. The maximum atomic E-state index is 12.0. The Morgan fingerprint density at radius 3 is 2.00 bits per heavy atom. The topological polar surface area (TPSA) is 0 Å². The molecule has 1 fully saturated rings. The van der Waals surface area contributed by atoms with Crippen molar-refractivity contribution in [2.75, 3.05) is 0 Å². The zero-order chi connectivity index (χ0) is 10.4. The van der Waals surface area contributed by atoms with Crippen LogP contribution in [-0.2, 0) is 0 Å². The first-order valence-corrected chi connectivity index (χ1v) is 4.49. The second kappa shape index (κ2) is 2.91. The lowest BCUT2D eigenvalue weighted by atomic mass is 10.1. The maximum Gasteiger partial charge on any atom is 0.426 e. The molecule has 0 heterocycles. The standard InChI is InChI=1S/C9H12ClF3/c1-5-6(8(5,2)3)4-7(10)9(11,12)13/h4-6H,1-3H3/b7-4-/t5-,6+/m0/s1. The number of alkyl halides is 3. The molecule has 0 aromatic rings. The van der Waals surface area contributed by atoms with E-state index in [9.17, 15) is 13.2 Å². The van der Waals surface area contributed by atoms with Crippen LogP contribution in [0.2, 0.25) is 0 Å². The van der Waals surface area contributed by atoms with Crippen LogP contribution < -0.4 is 0 Å². The summed E-state index contributed by atoms with van der Waals surface area (Å²) in [6.45, 7) is 5.82. The normalized spacial score (nSPS) is 33.3. The van der Waals surface area contributed by atoms with Crippen molar-refractivity contribution < 1.29 is 13.2 Å². The van der Waals surface area contributed by atoms with Gasteiger partial charge in [-0.15, -0.1) is 0 Å². The van der Waals surface area contributed by atoms with Gasteiger partial charge in [0.15, 0.2) is 0 Å². The van der Waals surface area contributed by atoms with Gasteiger partial charge in [-0.25, -0.2) is 0 Å². The lowest BCUT2D eigenvalue weighted by Gasteiger charge is -2.04. The minimum Gasteiger partial charge on any atom is -0.165 e. The van der Waals surface area contributed by atoms with Crippen molar-refractivity contribution in [1.29, 1.82) is 0 Å². The Kier molecular flexibility index (Phi) is 2.44. The van der Waals surface area contributed by atoms with Gasteiger partial charge in [0, 0.05) is 0 Å². The first kappa shape index (κ1) is 10.9. The maximum absolute atomic E-state index is 12.0. The van der Waals surface area contributed by atoms with Crippen molar-refractivity contribution >= 4 is 11.6 Å². The smallest absolute Gasteiger partial charge is 0.165 e. The number of hydrogen-bond donors (Lipinski definition) is 0. The van der Waals surface area contributed by atoms with Gasteiger partial charge in [-0.1, -0.05) is 38.4 Å². The summed E-state index contributed by atoms with van der Waals surface area (Å²) in [5.41, 5.74) is -0.0363. The number of hydrogen-bond acceptors (Lipinski definition) is 0. The minimum atomic E-state index is -4.39. The van der Waals surface area contributed by atoms with Crippen molar-refractivity contribution in [3.8, 4) is 0 Å². The van der Waals surface area contributed by atoms with Gasteiger partial charge in [-0.05, 0) is 17.3 Å². The fourth-order valence-electron chi connectivity index (χ4n) is 1.55. The molecule has 0 saturated heterocycles. The molecule has 2 atom stereocenters. The Hall–Kier alpha value is -0.180. The third-order valence-corrected chi connectivity index (χ3v) is 3.40. The van der Waals surface area contributed by atoms with Crippen LogP contribution in [0.1, 0.15) is 20.8 Å². The molecule has 0 amide bonds. The predicted octanol–water partition coefficient (Wildman–Crippen LogP) is 3.96. The minimum absolute atomic E-state index is 0.0363. The molecular formula is C9H12ClF3. The average molecular weight is 213 g/mol. The van der Waals surface area contributed by atoms with E-state index in [2.05, 4.69) is 0 Å². The second-order valence-corrected chi connectivity index (χ2v) is 4.56. The van der Waals surface area contributed by atoms with E-state index in [0.29, 0.717) is 0 Å². The summed E-state index contributed by atoms with van der Waals surface area (Å²) in [6.07, 6.45) is -3.26. The van der Waals surface area contributed by atoms with Crippen molar-refractivity contribution in [2.24, 2.45) is 17.3 Å². The molecule has 0 aromatic carbocycles. The van der Waals surface area contributed by atoms with Crippen LogP contribution in [0.5, 0.6) is 0 Å². The number of allylic oxidation sites excluding steroid dienone is 2. The molecular weight excluding hydrogens is 201 g/mol. The first-order chi connectivity index (χ1) is 5.67. The third-order valence-electron chi connectivity index (χ3n) is 3.06.